The predicted octanol–water partition coefficient (Wildman–Crippen LogP) is 1.23. The number of hydrogen-bond donors (Lipinski definition) is 10. The van der Waals surface area contributed by atoms with Crippen LogP contribution in [0.1, 0.15) is 129 Å². The van der Waals surface area contributed by atoms with E-state index in [1.165, 1.54) is 0 Å². The van der Waals surface area contributed by atoms with Crippen molar-refractivity contribution >= 4 is 5.97 Å². The summed E-state index contributed by atoms with van der Waals surface area (Å²) in [5.41, 5.74) is 0. The van der Waals surface area contributed by atoms with Gasteiger partial charge in [0, 0.05) is 0 Å². The zero-order valence-electron chi connectivity index (χ0n) is 30.4. The van der Waals surface area contributed by atoms with E-state index >= 15 is 0 Å². The van der Waals surface area contributed by atoms with E-state index in [0.717, 1.165) is 109 Å². The Morgan fingerprint density at radius 1 is 0.529 bits per heavy atom. The molecule has 3 unspecified atom stereocenters. The fourth-order valence-corrected chi connectivity index (χ4v) is 6.76. The topological polar surface area (TPSA) is 256 Å². The maximum Gasteiger partial charge on any atom is 0.305 e. The molecule has 0 radical (unpaired) electrons. The molecule has 0 aromatic heterocycles. The van der Waals surface area contributed by atoms with Gasteiger partial charge in [0.1, 0.15) is 48.8 Å². The summed E-state index contributed by atoms with van der Waals surface area (Å²) in [6.07, 6.45) is 1.34. The molecule has 0 aliphatic carbocycles. The lowest BCUT2D eigenvalue weighted by Crippen LogP contribution is -2.59. The average molecular weight is 741 g/mol. The first kappa shape index (κ1) is 46.1. The Bertz CT molecular complexity index is 893. The Hall–Kier alpha value is -1.05. The molecule has 13 atom stereocenters. The zero-order valence-corrected chi connectivity index (χ0v) is 30.4. The molecule has 0 bridgehead atoms. The average Bonchev–Trinajstić information content (AvgIpc) is 3.09. The summed E-state index contributed by atoms with van der Waals surface area (Å²) in [7, 11) is 0. The van der Waals surface area contributed by atoms with Gasteiger partial charge in [0.2, 0.25) is 0 Å². The molecule has 51 heavy (non-hydrogen) atoms. The Kier molecular flexibility index (Phi) is 23.4. The molecular weight excluding hydrogens is 672 g/mol. The van der Waals surface area contributed by atoms with E-state index in [1.54, 1.807) is 6.92 Å². The van der Waals surface area contributed by atoms with Crippen LogP contribution < -0.4 is 0 Å². The third-order valence-corrected chi connectivity index (χ3v) is 9.95. The maximum atomic E-state index is 11.4. The Balaban J connectivity index is 1.61. The molecular formula is C36H68O15. The van der Waals surface area contributed by atoms with E-state index in [0.29, 0.717) is 6.42 Å². The third-order valence-electron chi connectivity index (χ3n) is 9.95. The highest BCUT2D eigenvalue weighted by molar-refractivity contribution is 5.67. The fraction of sp³-hybridized carbons (Fsp3) is 0.972. The molecule has 0 spiro atoms. The minimum Gasteiger partial charge on any atom is -0.481 e. The monoisotopic (exact) mass is 740 g/mol. The lowest BCUT2D eigenvalue weighted by atomic mass is 9.98. The number of carboxylic acids is 1. The van der Waals surface area contributed by atoms with E-state index in [2.05, 4.69) is 0 Å². The highest BCUT2D eigenvalue weighted by Gasteiger charge is 2.46. The lowest BCUT2D eigenvalue weighted by Gasteiger charge is -2.41. The second kappa shape index (κ2) is 25.9. The first-order valence-corrected chi connectivity index (χ1v) is 19.2. The third kappa shape index (κ3) is 17.3. The van der Waals surface area contributed by atoms with Gasteiger partial charge in [-0.2, -0.15) is 0 Å². The molecule has 0 aromatic carbocycles. The fourth-order valence-electron chi connectivity index (χ4n) is 6.76. The van der Waals surface area contributed by atoms with E-state index in [9.17, 15) is 55.9 Å². The van der Waals surface area contributed by atoms with Crippen LogP contribution >= 0.6 is 0 Å². The molecule has 302 valence electrons. The summed E-state index contributed by atoms with van der Waals surface area (Å²) >= 11 is 0. The molecule has 2 fully saturated rings. The summed E-state index contributed by atoms with van der Waals surface area (Å²) in [5, 5.41) is 98.5. The van der Waals surface area contributed by atoms with Gasteiger partial charge in [-0.15, -0.1) is 0 Å². The van der Waals surface area contributed by atoms with Crippen LogP contribution in [0.3, 0.4) is 0 Å². The summed E-state index contributed by atoms with van der Waals surface area (Å²) in [5.74, 6) is -1.06. The van der Waals surface area contributed by atoms with Gasteiger partial charge in [0.25, 0.3) is 0 Å². The summed E-state index contributed by atoms with van der Waals surface area (Å²) < 4.78 is 22.7. The number of carbonyl (C=O) groups is 1. The number of unbranched alkanes of at least 4 members (excludes halogenated alkanes) is 12. The van der Waals surface area contributed by atoms with Crippen molar-refractivity contribution in [2.75, 3.05) is 13.2 Å². The van der Waals surface area contributed by atoms with E-state index in [1.807, 2.05) is 0 Å². The van der Waals surface area contributed by atoms with E-state index < -0.39 is 86.7 Å². The molecule has 15 nitrogen and oxygen atoms in total. The molecule has 2 rings (SSSR count). The van der Waals surface area contributed by atoms with Crippen LogP contribution in [0.2, 0.25) is 0 Å². The molecule has 0 aromatic rings. The van der Waals surface area contributed by atoms with Gasteiger partial charge in [0.05, 0.1) is 37.9 Å². The molecule has 2 aliphatic rings. The van der Waals surface area contributed by atoms with Crippen LogP contribution in [0.5, 0.6) is 0 Å². The van der Waals surface area contributed by atoms with Crippen LogP contribution in [-0.4, -0.2) is 150 Å². The van der Waals surface area contributed by atoms with Crippen molar-refractivity contribution in [1.82, 2.24) is 0 Å². The number of hydrogen-bond acceptors (Lipinski definition) is 14. The molecule has 0 amide bonds. The minimum absolute atomic E-state index is 0.211. The first-order chi connectivity index (χ1) is 24.4. The van der Waals surface area contributed by atoms with Crippen molar-refractivity contribution in [2.24, 2.45) is 0 Å². The number of aliphatic hydroxyl groups excluding tert-OH is 9. The summed E-state index contributed by atoms with van der Waals surface area (Å²) in [6.45, 7) is 0.680. The lowest BCUT2D eigenvalue weighted by molar-refractivity contribution is -0.312. The predicted molar refractivity (Wildman–Crippen MR) is 184 cm³/mol. The number of rotatable bonds is 28. The van der Waals surface area contributed by atoms with Gasteiger partial charge in [0.15, 0.2) is 12.6 Å². The number of aliphatic hydroxyl groups is 9. The van der Waals surface area contributed by atoms with Crippen molar-refractivity contribution in [3.8, 4) is 0 Å². The van der Waals surface area contributed by atoms with Crippen molar-refractivity contribution in [2.45, 2.75) is 209 Å². The van der Waals surface area contributed by atoms with Gasteiger partial charge in [-0.3, -0.25) is 4.79 Å². The van der Waals surface area contributed by atoms with Crippen molar-refractivity contribution in [3.63, 3.8) is 0 Å². The quantitative estimate of drug-likeness (QED) is 0.0507. The van der Waals surface area contributed by atoms with Crippen molar-refractivity contribution < 1.29 is 74.8 Å². The van der Waals surface area contributed by atoms with Gasteiger partial charge in [-0.25, -0.2) is 0 Å². The van der Waals surface area contributed by atoms with Crippen LogP contribution in [0.15, 0.2) is 0 Å². The molecule has 15 heteroatoms. The molecule has 0 saturated carbocycles. The zero-order chi connectivity index (χ0) is 37.8. The maximum absolute atomic E-state index is 11.4. The smallest absolute Gasteiger partial charge is 0.305 e. The summed E-state index contributed by atoms with van der Waals surface area (Å²) in [4.78, 5) is 11.4. The molecule has 10 N–H and O–H groups in total. The highest BCUT2D eigenvalue weighted by Crippen LogP contribution is 2.27. The summed E-state index contributed by atoms with van der Waals surface area (Å²) in [6, 6.07) is 0. The van der Waals surface area contributed by atoms with Crippen LogP contribution in [0, 0.1) is 0 Å². The van der Waals surface area contributed by atoms with Gasteiger partial charge in [-0.05, 0) is 32.6 Å². The van der Waals surface area contributed by atoms with Crippen LogP contribution in [-0.2, 0) is 23.7 Å². The molecule has 2 heterocycles. The van der Waals surface area contributed by atoms with Gasteiger partial charge in [-0.1, -0.05) is 89.9 Å². The normalized spacial score (nSPS) is 31.7. The number of ether oxygens (including phenoxy) is 4. The second-order valence-corrected chi connectivity index (χ2v) is 14.5. The van der Waals surface area contributed by atoms with Crippen molar-refractivity contribution in [3.05, 3.63) is 0 Å². The standard InChI is InChI=1S/C36H68O15/c1-23(39)16-12-11-15-18-24(48-35-33(46)31(44)29(42)26(21-37)50-35)17-13-9-7-5-3-2-4-6-8-10-14-19-25(20-28(40)41)49-36-34(47)32(45)30(43)27(22-38)51-36/h23-27,29-39,42-47H,2-22H2,1H3,(H,40,41)/t23?,24?,25?,26-,27-,29-,30-,31+,32+,33-,34-,35-,36-/m1/s1. The number of carboxylic acid groups (broad SMARTS) is 1. The second-order valence-electron chi connectivity index (χ2n) is 14.5. The van der Waals surface area contributed by atoms with Gasteiger partial charge >= 0.3 is 5.97 Å². The minimum atomic E-state index is -1.58. The highest BCUT2D eigenvalue weighted by atomic mass is 16.7. The largest absolute Gasteiger partial charge is 0.481 e. The van der Waals surface area contributed by atoms with Gasteiger partial charge < -0.3 is 70.0 Å². The van der Waals surface area contributed by atoms with E-state index in [-0.39, 0.29) is 18.6 Å². The van der Waals surface area contributed by atoms with E-state index in [4.69, 9.17) is 18.9 Å². The SMILES string of the molecule is CC(O)CCCCCC(CCCCCCCCCCCCCC(CC(=O)O)O[C@@H]1O[C@H](CO)[C@@H](O)[C@H](O)[C@H]1O)O[C@@H]1O[C@H](CO)[C@@H](O)[C@H](O)[C@H]1O. The Morgan fingerprint density at radius 3 is 1.24 bits per heavy atom. The van der Waals surface area contributed by atoms with Crippen LogP contribution in [0.4, 0.5) is 0 Å². The van der Waals surface area contributed by atoms with Crippen molar-refractivity contribution in [1.29, 1.82) is 0 Å². The Labute approximate surface area is 302 Å². The molecule has 2 saturated heterocycles. The Morgan fingerprint density at radius 2 is 0.863 bits per heavy atom. The molecule has 2 aliphatic heterocycles. The first-order valence-electron chi connectivity index (χ1n) is 19.2. The van der Waals surface area contributed by atoms with Crippen LogP contribution in [0.25, 0.3) is 0 Å². The number of aliphatic carboxylic acids is 1.